The molecule has 6 heteroatoms. The van der Waals surface area contributed by atoms with Crippen LogP contribution in [0.5, 0.6) is 17.2 Å². The third-order valence-electron chi connectivity index (χ3n) is 5.40. The van der Waals surface area contributed by atoms with Gasteiger partial charge in [0.15, 0.2) is 18.9 Å². The smallest absolute Gasteiger partial charge is 0.153 e. The lowest BCUT2D eigenvalue weighted by Crippen LogP contribution is -1.90. The Bertz CT molecular complexity index is 1220. The van der Waals surface area contributed by atoms with Gasteiger partial charge in [0.25, 0.3) is 0 Å². The summed E-state index contributed by atoms with van der Waals surface area (Å²) in [5.74, 6) is -0.393. The lowest BCUT2D eigenvalue weighted by Gasteiger charge is -2.13. The molecular weight excluding hydrogens is 420 g/mol. The predicted octanol–water partition coefficient (Wildman–Crippen LogP) is 5.24. The molecule has 0 aliphatic rings. The van der Waals surface area contributed by atoms with Crippen molar-refractivity contribution in [3.05, 3.63) is 89.5 Å². The molecule has 162 valence electrons. The van der Waals surface area contributed by atoms with Crippen molar-refractivity contribution in [1.82, 2.24) is 0 Å². The highest BCUT2D eigenvalue weighted by molar-refractivity contribution is 5.89. The molecule has 0 spiro atoms. The molecule has 0 atom stereocenters. The van der Waals surface area contributed by atoms with Gasteiger partial charge in [0, 0.05) is 0 Å². The van der Waals surface area contributed by atoms with Gasteiger partial charge >= 0.3 is 0 Å². The Morgan fingerprint density at radius 2 is 0.667 bits per heavy atom. The molecule has 0 aromatic heterocycles. The Kier molecular flexibility index (Phi) is 5.74. The molecule has 0 aliphatic carbocycles. The Balaban J connectivity index is 1.96. The third kappa shape index (κ3) is 4.22. The maximum absolute atomic E-state index is 11.3. The summed E-state index contributed by atoms with van der Waals surface area (Å²) in [5.41, 5.74) is 4.57. The highest BCUT2D eigenvalue weighted by Gasteiger charge is 2.12. The maximum atomic E-state index is 11.3. The van der Waals surface area contributed by atoms with Gasteiger partial charge in [-0.25, -0.2) is 0 Å². The van der Waals surface area contributed by atoms with E-state index in [0.717, 1.165) is 0 Å². The fourth-order valence-corrected chi connectivity index (χ4v) is 3.61. The molecule has 0 aliphatic heterocycles. The summed E-state index contributed by atoms with van der Waals surface area (Å²) in [6.07, 6.45) is 1.70. The molecule has 0 saturated carbocycles. The first-order valence-electron chi connectivity index (χ1n) is 9.94. The van der Waals surface area contributed by atoms with Crippen molar-refractivity contribution in [2.45, 2.75) is 0 Å². The number of aldehydes is 3. The van der Waals surface area contributed by atoms with Crippen molar-refractivity contribution in [2.75, 3.05) is 0 Å². The quantitative estimate of drug-likeness (QED) is 0.355. The maximum Gasteiger partial charge on any atom is 0.153 e. The van der Waals surface area contributed by atoms with Gasteiger partial charge < -0.3 is 15.3 Å². The Labute approximate surface area is 189 Å². The molecule has 4 aromatic carbocycles. The highest BCUT2D eigenvalue weighted by atomic mass is 16.3. The van der Waals surface area contributed by atoms with Crippen molar-refractivity contribution < 1.29 is 29.7 Å². The number of carbonyl (C=O) groups excluding carboxylic acids is 3. The van der Waals surface area contributed by atoms with E-state index in [9.17, 15) is 29.7 Å². The molecule has 0 radical (unpaired) electrons. The van der Waals surface area contributed by atoms with Crippen molar-refractivity contribution in [1.29, 1.82) is 0 Å². The van der Waals surface area contributed by atoms with Crippen LogP contribution in [0.1, 0.15) is 31.1 Å². The van der Waals surface area contributed by atoms with E-state index in [1.54, 1.807) is 36.4 Å². The van der Waals surface area contributed by atoms with Crippen LogP contribution in [0.3, 0.4) is 0 Å². The van der Waals surface area contributed by atoms with E-state index in [4.69, 9.17) is 0 Å². The number of carbonyl (C=O) groups is 3. The van der Waals surface area contributed by atoms with Crippen LogP contribution in [0.25, 0.3) is 33.4 Å². The largest absolute Gasteiger partial charge is 0.507 e. The SMILES string of the molecule is O=Cc1cc(-c2cc(-c3ccc(O)c(C=O)c3)cc(-c3ccc(O)c(C=O)c3)c2)ccc1O. The average molecular weight is 438 g/mol. The second-order valence-corrected chi connectivity index (χ2v) is 7.47. The van der Waals surface area contributed by atoms with E-state index in [2.05, 4.69) is 0 Å². The first-order valence-corrected chi connectivity index (χ1v) is 9.94. The summed E-state index contributed by atoms with van der Waals surface area (Å²) >= 11 is 0. The minimum absolute atomic E-state index is 0.131. The van der Waals surface area contributed by atoms with E-state index in [0.29, 0.717) is 52.2 Å². The zero-order valence-electron chi connectivity index (χ0n) is 17.2. The number of benzene rings is 4. The molecule has 0 saturated heterocycles. The Morgan fingerprint density at radius 1 is 0.394 bits per heavy atom. The number of hydrogen-bond donors (Lipinski definition) is 3. The van der Waals surface area contributed by atoms with Gasteiger partial charge in [0.1, 0.15) is 17.2 Å². The molecule has 4 aromatic rings. The number of rotatable bonds is 6. The molecule has 3 N–H and O–H groups in total. The summed E-state index contributed by atoms with van der Waals surface area (Å²) in [6.45, 7) is 0. The fraction of sp³-hybridized carbons (Fsp3) is 0. The molecule has 4 rings (SSSR count). The van der Waals surface area contributed by atoms with Gasteiger partial charge in [-0.3, -0.25) is 14.4 Å². The molecule has 6 nitrogen and oxygen atoms in total. The first-order chi connectivity index (χ1) is 15.9. The third-order valence-corrected chi connectivity index (χ3v) is 5.40. The molecule has 0 unspecified atom stereocenters. The summed E-state index contributed by atoms with van der Waals surface area (Å²) in [6, 6.07) is 19.6. The first kappa shape index (κ1) is 21.5. The van der Waals surface area contributed by atoms with Crippen LogP contribution >= 0.6 is 0 Å². The zero-order valence-corrected chi connectivity index (χ0v) is 17.2. The molecular formula is C27H18O6. The van der Waals surface area contributed by atoms with Crippen LogP contribution in [0, 0.1) is 0 Å². The summed E-state index contributed by atoms with van der Waals surface area (Å²) in [5, 5.41) is 29.6. The molecule has 0 bridgehead atoms. The van der Waals surface area contributed by atoms with E-state index < -0.39 is 0 Å². The number of phenols is 3. The monoisotopic (exact) mass is 438 g/mol. The van der Waals surface area contributed by atoms with Gasteiger partial charge in [0.2, 0.25) is 0 Å². The van der Waals surface area contributed by atoms with E-state index in [1.807, 2.05) is 18.2 Å². The lowest BCUT2D eigenvalue weighted by molar-refractivity contribution is 0.111. The van der Waals surface area contributed by atoms with E-state index in [-0.39, 0.29) is 33.9 Å². The zero-order chi connectivity index (χ0) is 23.5. The van der Waals surface area contributed by atoms with Crippen molar-refractivity contribution in [2.24, 2.45) is 0 Å². The summed E-state index contributed by atoms with van der Waals surface area (Å²) in [4.78, 5) is 34.0. The molecule has 0 heterocycles. The van der Waals surface area contributed by atoms with Crippen molar-refractivity contribution in [3.63, 3.8) is 0 Å². The van der Waals surface area contributed by atoms with Crippen LogP contribution in [-0.4, -0.2) is 34.2 Å². The topological polar surface area (TPSA) is 112 Å². The van der Waals surface area contributed by atoms with E-state index >= 15 is 0 Å². The van der Waals surface area contributed by atoms with Crippen LogP contribution < -0.4 is 0 Å². The predicted molar refractivity (Wildman–Crippen MR) is 124 cm³/mol. The van der Waals surface area contributed by atoms with Crippen LogP contribution in [-0.2, 0) is 0 Å². The van der Waals surface area contributed by atoms with Gasteiger partial charge in [-0.2, -0.15) is 0 Å². The normalized spacial score (nSPS) is 10.5. The van der Waals surface area contributed by atoms with Gasteiger partial charge in [0.05, 0.1) is 16.7 Å². The minimum atomic E-state index is -0.131. The fourth-order valence-electron chi connectivity index (χ4n) is 3.61. The number of hydrogen-bond acceptors (Lipinski definition) is 6. The van der Waals surface area contributed by atoms with Gasteiger partial charge in [-0.05, 0) is 88.0 Å². The molecule has 33 heavy (non-hydrogen) atoms. The Hall–Kier alpha value is -4.71. The second-order valence-electron chi connectivity index (χ2n) is 7.47. The average Bonchev–Trinajstić information content (AvgIpc) is 2.84. The lowest BCUT2D eigenvalue weighted by atomic mass is 9.91. The van der Waals surface area contributed by atoms with E-state index in [1.165, 1.54) is 18.2 Å². The Morgan fingerprint density at radius 3 is 0.909 bits per heavy atom. The number of phenolic OH excluding ortho intramolecular Hbond substituents is 3. The van der Waals surface area contributed by atoms with Crippen LogP contribution in [0.4, 0.5) is 0 Å². The van der Waals surface area contributed by atoms with Crippen molar-refractivity contribution >= 4 is 18.9 Å². The number of aromatic hydroxyl groups is 3. The second kappa shape index (κ2) is 8.80. The van der Waals surface area contributed by atoms with Gasteiger partial charge in [-0.15, -0.1) is 0 Å². The molecule has 0 fully saturated rings. The minimum Gasteiger partial charge on any atom is -0.507 e. The van der Waals surface area contributed by atoms with Crippen LogP contribution in [0.15, 0.2) is 72.8 Å². The highest BCUT2D eigenvalue weighted by Crippen LogP contribution is 2.36. The van der Waals surface area contributed by atoms with Gasteiger partial charge in [-0.1, -0.05) is 18.2 Å². The molecule has 0 amide bonds. The van der Waals surface area contributed by atoms with Crippen LogP contribution in [0.2, 0.25) is 0 Å². The standard InChI is InChI=1S/C27H18O6/c28-13-22-7-16(1-4-25(22)31)19-10-20(17-2-5-26(32)23(8-17)14-29)12-21(11-19)18-3-6-27(33)24(9-18)15-30/h1-15,31-33H. The summed E-state index contributed by atoms with van der Waals surface area (Å²) < 4.78 is 0. The van der Waals surface area contributed by atoms with Crippen molar-refractivity contribution in [3.8, 4) is 50.6 Å². The summed E-state index contributed by atoms with van der Waals surface area (Å²) in [7, 11) is 0.